The molecule has 0 bridgehead atoms. The maximum atomic E-state index is 11.8. The topological polar surface area (TPSA) is 44.0 Å². The lowest BCUT2D eigenvalue weighted by molar-refractivity contribution is 0.665. The van der Waals surface area contributed by atoms with Crippen LogP contribution in [0.3, 0.4) is 0 Å². The highest BCUT2D eigenvalue weighted by Gasteiger charge is 2.06. The van der Waals surface area contributed by atoms with E-state index in [1.165, 1.54) is 28.8 Å². The second-order valence-electron chi connectivity index (χ2n) is 4.86. The SMILES string of the molecule is Cc1cccc(CSCc2cc(=O)n(C)c(=O)n2C)c1. The molecule has 0 spiro atoms. The Morgan fingerprint density at radius 2 is 1.80 bits per heavy atom. The number of hydrogen-bond donors (Lipinski definition) is 0. The van der Waals surface area contributed by atoms with E-state index in [-0.39, 0.29) is 11.2 Å². The van der Waals surface area contributed by atoms with Gasteiger partial charge in [-0.15, -0.1) is 0 Å². The lowest BCUT2D eigenvalue weighted by atomic mass is 10.2. The van der Waals surface area contributed by atoms with E-state index in [1.54, 1.807) is 18.8 Å². The van der Waals surface area contributed by atoms with Crippen LogP contribution >= 0.6 is 11.8 Å². The van der Waals surface area contributed by atoms with E-state index in [1.807, 2.05) is 6.07 Å². The van der Waals surface area contributed by atoms with Gasteiger partial charge in [0.15, 0.2) is 0 Å². The number of benzene rings is 1. The van der Waals surface area contributed by atoms with Crippen molar-refractivity contribution in [2.45, 2.75) is 18.4 Å². The van der Waals surface area contributed by atoms with E-state index < -0.39 is 0 Å². The zero-order valence-electron chi connectivity index (χ0n) is 11.9. The molecule has 0 radical (unpaired) electrons. The summed E-state index contributed by atoms with van der Waals surface area (Å²) in [5.41, 5.74) is 2.73. The molecule has 1 aromatic heterocycles. The molecule has 0 aliphatic rings. The van der Waals surface area contributed by atoms with Crippen LogP contribution in [0.1, 0.15) is 16.8 Å². The van der Waals surface area contributed by atoms with Crippen molar-refractivity contribution in [3.63, 3.8) is 0 Å². The number of aryl methyl sites for hydroxylation is 1. The Hall–Kier alpha value is -1.75. The molecule has 0 atom stereocenters. The van der Waals surface area contributed by atoms with Crippen molar-refractivity contribution in [1.82, 2.24) is 9.13 Å². The lowest BCUT2D eigenvalue weighted by Crippen LogP contribution is -2.37. The first-order valence-electron chi connectivity index (χ1n) is 6.38. The van der Waals surface area contributed by atoms with Crippen molar-refractivity contribution in [3.8, 4) is 0 Å². The van der Waals surface area contributed by atoms with Crippen LogP contribution in [0.25, 0.3) is 0 Å². The zero-order valence-corrected chi connectivity index (χ0v) is 12.7. The van der Waals surface area contributed by atoms with Crippen LogP contribution in [0, 0.1) is 6.92 Å². The third kappa shape index (κ3) is 3.22. The minimum Gasteiger partial charge on any atom is -0.300 e. The van der Waals surface area contributed by atoms with Gasteiger partial charge in [-0.2, -0.15) is 11.8 Å². The third-order valence-corrected chi connectivity index (χ3v) is 4.26. The largest absolute Gasteiger partial charge is 0.330 e. The van der Waals surface area contributed by atoms with Crippen LogP contribution in [0.4, 0.5) is 0 Å². The maximum absolute atomic E-state index is 11.8. The van der Waals surface area contributed by atoms with E-state index in [4.69, 9.17) is 0 Å². The predicted octanol–water partition coefficient (Wildman–Crippen LogP) is 1.83. The molecule has 0 saturated heterocycles. The molecular formula is C15H18N2O2S. The van der Waals surface area contributed by atoms with Gasteiger partial charge in [-0.25, -0.2) is 4.79 Å². The number of hydrogen-bond acceptors (Lipinski definition) is 3. The summed E-state index contributed by atoms with van der Waals surface area (Å²) in [7, 11) is 3.19. The van der Waals surface area contributed by atoms with Gasteiger partial charge in [0.2, 0.25) is 0 Å². The summed E-state index contributed by atoms with van der Waals surface area (Å²) in [6.45, 7) is 2.07. The molecular weight excluding hydrogens is 272 g/mol. The fourth-order valence-corrected chi connectivity index (χ4v) is 3.00. The summed E-state index contributed by atoms with van der Waals surface area (Å²) in [5, 5.41) is 0. The minimum absolute atomic E-state index is 0.251. The van der Waals surface area contributed by atoms with Gasteiger partial charge < -0.3 is 0 Å². The molecule has 0 aliphatic heterocycles. The molecule has 0 saturated carbocycles. The molecule has 106 valence electrons. The van der Waals surface area contributed by atoms with Crippen LogP contribution < -0.4 is 11.2 Å². The van der Waals surface area contributed by atoms with E-state index in [9.17, 15) is 9.59 Å². The van der Waals surface area contributed by atoms with Crippen LogP contribution in [0.5, 0.6) is 0 Å². The number of thioether (sulfide) groups is 1. The van der Waals surface area contributed by atoms with Crippen LogP contribution in [-0.2, 0) is 25.6 Å². The Kier molecular flexibility index (Phi) is 4.49. The van der Waals surface area contributed by atoms with E-state index >= 15 is 0 Å². The minimum atomic E-state index is -0.274. The predicted molar refractivity (Wildman–Crippen MR) is 83.1 cm³/mol. The number of aromatic nitrogens is 2. The Morgan fingerprint density at radius 3 is 2.50 bits per heavy atom. The highest BCUT2D eigenvalue weighted by atomic mass is 32.2. The lowest BCUT2D eigenvalue weighted by Gasteiger charge is -2.09. The highest BCUT2D eigenvalue weighted by Crippen LogP contribution is 2.17. The zero-order chi connectivity index (χ0) is 14.7. The Balaban J connectivity index is 2.09. The van der Waals surface area contributed by atoms with Crippen molar-refractivity contribution in [1.29, 1.82) is 0 Å². The van der Waals surface area contributed by atoms with E-state index in [0.29, 0.717) is 5.75 Å². The molecule has 0 N–H and O–H groups in total. The molecule has 0 unspecified atom stereocenters. The molecule has 0 fully saturated rings. The van der Waals surface area contributed by atoms with Crippen LogP contribution in [-0.4, -0.2) is 9.13 Å². The van der Waals surface area contributed by atoms with Gasteiger partial charge in [0.1, 0.15) is 0 Å². The van der Waals surface area contributed by atoms with Crippen molar-refractivity contribution < 1.29 is 0 Å². The summed E-state index contributed by atoms with van der Waals surface area (Å²) in [6.07, 6.45) is 0. The normalized spacial score (nSPS) is 10.8. The second-order valence-corrected chi connectivity index (χ2v) is 5.84. The van der Waals surface area contributed by atoms with Gasteiger partial charge in [-0.3, -0.25) is 13.9 Å². The Morgan fingerprint density at radius 1 is 1.05 bits per heavy atom. The second kappa shape index (κ2) is 6.13. The molecule has 2 aromatic rings. The van der Waals surface area contributed by atoms with E-state index in [0.717, 1.165) is 16.0 Å². The van der Waals surface area contributed by atoms with Gasteiger partial charge in [0.05, 0.1) is 0 Å². The summed E-state index contributed by atoms with van der Waals surface area (Å²) in [5.74, 6) is 1.51. The first-order chi connectivity index (χ1) is 9.49. The standard InChI is InChI=1S/C15H18N2O2S/c1-11-5-4-6-12(7-11)9-20-10-13-8-14(18)17(3)15(19)16(13)2/h4-8H,9-10H2,1-3H3. The quantitative estimate of drug-likeness (QED) is 0.863. The summed E-state index contributed by atoms with van der Waals surface area (Å²) < 4.78 is 2.65. The third-order valence-electron chi connectivity index (χ3n) is 3.23. The Labute approximate surface area is 122 Å². The van der Waals surface area contributed by atoms with Crippen molar-refractivity contribution in [3.05, 3.63) is 68.0 Å². The van der Waals surface area contributed by atoms with Crippen LogP contribution in [0.2, 0.25) is 0 Å². The molecule has 1 aromatic carbocycles. The van der Waals surface area contributed by atoms with Crippen molar-refractivity contribution in [2.24, 2.45) is 14.1 Å². The summed E-state index contributed by atoms with van der Waals surface area (Å²) in [6, 6.07) is 9.88. The molecule has 0 amide bonds. The Bertz CT molecular complexity index is 731. The highest BCUT2D eigenvalue weighted by molar-refractivity contribution is 7.97. The van der Waals surface area contributed by atoms with E-state index in [2.05, 4.69) is 25.1 Å². The smallest absolute Gasteiger partial charge is 0.300 e. The van der Waals surface area contributed by atoms with Gasteiger partial charge in [0.25, 0.3) is 5.56 Å². The first-order valence-corrected chi connectivity index (χ1v) is 7.53. The van der Waals surface area contributed by atoms with Gasteiger partial charge in [-0.05, 0) is 12.5 Å². The van der Waals surface area contributed by atoms with Gasteiger partial charge in [-0.1, -0.05) is 29.8 Å². The van der Waals surface area contributed by atoms with Crippen molar-refractivity contribution in [2.75, 3.05) is 0 Å². The summed E-state index contributed by atoms with van der Waals surface area (Å²) >= 11 is 1.70. The average molecular weight is 290 g/mol. The fraction of sp³-hybridized carbons (Fsp3) is 0.333. The fourth-order valence-electron chi connectivity index (χ4n) is 1.99. The van der Waals surface area contributed by atoms with Gasteiger partial charge in [0, 0.05) is 37.4 Å². The van der Waals surface area contributed by atoms with Crippen LogP contribution in [0.15, 0.2) is 39.9 Å². The molecule has 20 heavy (non-hydrogen) atoms. The molecule has 5 heteroatoms. The molecule has 1 heterocycles. The monoisotopic (exact) mass is 290 g/mol. The number of rotatable bonds is 4. The number of nitrogens with zero attached hydrogens (tertiary/aromatic N) is 2. The average Bonchev–Trinajstić information content (AvgIpc) is 2.42. The molecule has 0 aliphatic carbocycles. The van der Waals surface area contributed by atoms with Crippen molar-refractivity contribution >= 4 is 11.8 Å². The molecule has 2 rings (SSSR count). The summed E-state index contributed by atoms with van der Waals surface area (Å²) in [4.78, 5) is 23.4. The first kappa shape index (κ1) is 14.7. The van der Waals surface area contributed by atoms with Gasteiger partial charge >= 0.3 is 5.69 Å². The molecule has 4 nitrogen and oxygen atoms in total. The maximum Gasteiger partial charge on any atom is 0.330 e.